The second-order valence-electron chi connectivity index (χ2n) is 6.09. The van der Waals surface area contributed by atoms with Gasteiger partial charge in [-0.1, -0.05) is 29.3 Å². The highest BCUT2D eigenvalue weighted by atomic mass is 35.5. The highest BCUT2D eigenvalue weighted by Gasteiger charge is 2.25. The van der Waals surface area contributed by atoms with Crippen LogP contribution in [0.4, 0.5) is 8.78 Å². The number of benzene rings is 1. The van der Waals surface area contributed by atoms with E-state index in [4.69, 9.17) is 27.9 Å². The van der Waals surface area contributed by atoms with Crippen molar-refractivity contribution in [3.63, 3.8) is 0 Å². The fourth-order valence-corrected chi connectivity index (χ4v) is 3.29. The smallest absolute Gasteiger partial charge is 0.387 e. The molecule has 1 aliphatic rings. The summed E-state index contributed by atoms with van der Waals surface area (Å²) in [7, 11) is 0. The SMILES string of the molecule is OC[C@H](c1ccc(OC(F)F)c(OCC2CC2)c1)c1c(Cl)cncc1Cl. The van der Waals surface area contributed by atoms with Gasteiger partial charge in [-0.25, -0.2) is 0 Å². The molecular formula is C18H17Cl2F2NO3. The molecule has 26 heavy (non-hydrogen) atoms. The van der Waals surface area contributed by atoms with E-state index in [0.717, 1.165) is 12.8 Å². The van der Waals surface area contributed by atoms with Gasteiger partial charge in [-0.05, 0) is 36.5 Å². The number of alkyl halides is 2. The lowest BCUT2D eigenvalue weighted by molar-refractivity contribution is -0.0515. The Labute approximate surface area is 159 Å². The molecule has 0 bridgehead atoms. The Morgan fingerprint density at radius 3 is 2.42 bits per heavy atom. The van der Waals surface area contributed by atoms with Crippen LogP contribution in [0.25, 0.3) is 0 Å². The molecule has 1 heterocycles. The normalized spacial score (nSPS) is 15.2. The zero-order valence-electron chi connectivity index (χ0n) is 13.7. The fourth-order valence-electron chi connectivity index (χ4n) is 2.66. The van der Waals surface area contributed by atoms with Gasteiger partial charge in [-0.15, -0.1) is 0 Å². The Hall–Kier alpha value is -1.63. The summed E-state index contributed by atoms with van der Waals surface area (Å²) < 4.78 is 35.5. The van der Waals surface area contributed by atoms with Crippen LogP contribution < -0.4 is 9.47 Å². The summed E-state index contributed by atoms with van der Waals surface area (Å²) in [5, 5.41) is 10.5. The molecule has 1 N–H and O–H groups in total. The van der Waals surface area contributed by atoms with E-state index in [1.807, 2.05) is 0 Å². The van der Waals surface area contributed by atoms with E-state index in [-0.39, 0.29) is 18.1 Å². The third-order valence-corrected chi connectivity index (χ3v) is 4.78. The molecule has 3 rings (SSSR count). The molecule has 0 aliphatic heterocycles. The number of pyridine rings is 1. The van der Waals surface area contributed by atoms with Gasteiger partial charge >= 0.3 is 6.61 Å². The average Bonchev–Trinajstić information content (AvgIpc) is 3.41. The minimum atomic E-state index is -2.96. The molecule has 140 valence electrons. The zero-order chi connectivity index (χ0) is 18.7. The van der Waals surface area contributed by atoms with Gasteiger partial charge in [-0.2, -0.15) is 8.78 Å². The van der Waals surface area contributed by atoms with Crippen molar-refractivity contribution in [1.29, 1.82) is 0 Å². The summed E-state index contributed by atoms with van der Waals surface area (Å²) >= 11 is 12.4. The van der Waals surface area contributed by atoms with Crippen LogP contribution in [0.15, 0.2) is 30.6 Å². The van der Waals surface area contributed by atoms with E-state index in [1.165, 1.54) is 18.5 Å². The first kappa shape index (κ1) is 19.1. The third kappa shape index (κ3) is 4.55. The zero-order valence-corrected chi connectivity index (χ0v) is 15.2. The van der Waals surface area contributed by atoms with Crippen molar-refractivity contribution in [2.24, 2.45) is 5.92 Å². The highest BCUT2D eigenvalue weighted by molar-refractivity contribution is 6.35. The number of ether oxygens (including phenoxy) is 2. The number of aliphatic hydroxyl groups is 1. The van der Waals surface area contributed by atoms with Crippen LogP contribution in [0, 0.1) is 5.92 Å². The van der Waals surface area contributed by atoms with Gasteiger partial charge in [0.2, 0.25) is 0 Å². The quantitative estimate of drug-likeness (QED) is 0.680. The summed E-state index contributed by atoms with van der Waals surface area (Å²) in [6, 6.07) is 4.55. The van der Waals surface area contributed by atoms with Crippen LogP contribution >= 0.6 is 23.2 Å². The Morgan fingerprint density at radius 1 is 1.15 bits per heavy atom. The number of aliphatic hydroxyl groups excluding tert-OH is 1. The minimum Gasteiger partial charge on any atom is -0.489 e. The first-order chi connectivity index (χ1) is 12.5. The first-order valence-electron chi connectivity index (χ1n) is 8.11. The fraction of sp³-hybridized carbons (Fsp3) is 0.389. The molecule has 0 spiro atoms. The third-order valence-electron chi connectivity index (χ3n) is 4.18. The van der Waals surface area contributed by atoms with Crippen molar-refractivity contribution in [3.05, 3.63) is 51.8 Å². The first-order valence-corrected chi connectivity index (χ1v) is 8.86. The molecule has 8 heteroatoms. The summed E-state index contributed by atoms with van der Waals surface area (Å²) in [5.74, 6) is 0.0418. The van der Waals surface area contributed by atoms with Gasteiger partial charge in [0.05, 0.1) is 23.3 Å². The maximum atomic E-state index is 12.6. The molecule has 2 aromatic rings. The molecule has 1 fully saturated rings. The van der Waals surface area contributed by atoms with Gasteiger partial charge in [-0.3, -0.25) is 4.98 Å². The summed E-state index contributed by atoms with van der Waals surface area (Å²) in [6.07, 6.45) is 4.99. The summed E-state index contributed by atoms with van der Waals surface area (Å²) in [5.41, 5.74) is 1.14. The molecule has 0 amide bonds. The lowest BCUT2D eigenvalue weighted by Gasteiger charge is -2.20. The molecular weight excluding hydrogens is 387 g/mol. The van der Waals surface area contributed by atoms with E-state index < -0.39 is 12.5 Å². The Morgan fingerprint density at radius 2 is 1.85 bits per heavy atom. The van der Waals surface area contributed by atoms with Crippen molar-refractivity contribution in [2.75, 3.05) is 13.2 Å². The van der Waals surface area contributed by atoms with Crippen LogP contribution in [0.2, 0.25) is 10.0 Å². The standard InChI is InChI=1S/C18H17Cl2F2NO3/c19-13-6-23-7-14(20)17(13)12(8-24)11-3-4-15(26-18(21)22)16(5-11)25-9-10-1-2-10/h3-7,10,12,18,24H,1-2,8-9H2/t12-/m1/s1. The van der Waals surface area contributed by atoms with Crippen LogP contribution in [0.3, 0.4) is 0 Å². The van der Waals surface area contributed by atoms with E-state index in [0.29, 0.717) is 33.7 Å². The topological polar surface area (TPSA) is 51.6 Å². The van der Waals surface area contributed by atoms with Crippen LogP contribution in [-0.2, 0) is 0 Å². The van der Waals surface area contributed by atoms with Crippen LogP contribution in [0.1, 0.15) is 29.9 Å². The lowest BCUT2D eigenvalue weighted by atomic mass is 9.92. The van der Waals surface area contributed by atoms with Crippen molar-refractivity contribution >= 4 is 23.2 Å². The number of hydrogen-bond acceptors (Lipinski definition) is 4. The maximum absolute atomic E-state index is 12.6. The van der Waals surface area contributed by atoms with E-state index >= 15 is 0 Å². The molecule has 0 saturated heterocycles. The molecule has 1 aromatic heterocycles. The van der Waals surface area contributed by atoms with Gasteiger partial charge < -0.3 is 14.6 Å². The summed E-state index contributed by atoms with van der Waals surface area (Å²) in [6.45, 7) is -2.80. The Bertz CT molecular complexity index is 752. The van der Waals surface area contributed by atoms with E-state index in [9.17, 15) is 13.9 Å². The van der Waals surface area contributed by atoms with Crippen molar-refractivity contribution < 1.29 is 23.4 Å². The Balaban J connectivity index is 1.95. The molecule has 0 unspecified atom stereocenters. The molecule has 0 radical (unpaired) electrons. The van der Waals surface area contributed by atoms with Crippen molar-refractivity contribution in [2.45, 2.75) is 25.4 Å². The predicted molar refractivity (Wildman–Crippen MR) is 94.5 cm³/mol. The molecule has 1 atom stereocenters. The van der Waals surface area contributed by atoms with E-state index in [1.54, 1.807) is 12.1 Å². The minimum absolute atomic E-state index is 0.0481. The van der Waals surface area contributed by atoms with Crippen LogP contribution in [-0.4, -0.2) is 29.9 Å². The van der Waals surface area contributed by atoms with Crippen LogP contribution in [0.5, 0.6) is 11.5 Å². The Kier molecular flexibility index (Phi) is 6.16. The van der Waals surface area contributed by atoms with Gasteiger partial charge in [0.25, 0.3) is 0 Å². The predicted octanol–water partition coefficient (Wildman–Crippen LogP) is 4.90. The number of aromatic nitrogens is 1. The second-order valence-corrected chi connectivity index (χ2v) is 6.91. The van der Waals surface area contributed by atoms with Gasteiger partial charge in [0, 0.05) is 23.9 Å². The maximum Gasteiger partial charge on any atom is 0.387 e. The second kappa shape index (κ2) is 8.37. The molecule has 1 saturated carbocycles. The van der Waals surface area contributed by atoms with E-state index in [2.05, 4.69) is 9.72 Å². The van der Waals surface area contributed by atoms with Gasteiger partial charge in [0.1, 0.15) is 0 Å². The molecule has 4 nitrogen and oxygen atoms in total. The number of halogens is 4. The number of rotatable bonds is 8. The van der Waals surface area contributed by atoms with Gasteiger partial charge in [0.15, 0.2) is 11.5 Å². The summed E-state index contributed by atoms with van der Waals surface area (Å²) in [4.78, 5) is 3.90. The van der Waals surface area contributed by atoms with Crippen molar-refractivity contribution in [3.8, 4) is 11.5 Å². The molecule has 1 aliphatic carbocycles. The number of hydrogen-bond donors (Lipinski definition) is 1. The monoisotopic (exact) mass is 403 g/mol. The average molecular weight is 404 g/mol. The highest BCUT2D eigenvalue weighted by Crippen LogP contribution is 2.39. The lowest BCUT2D eigenvalue weighted by Crippen LogP contribution is -2.10. The molecule has 1 aromatic carbocycles. The number of nitrogens with zero attached hydrogens (tertiary/aromatic N) is 1. The largest absolute Gasteiger partial charge is 0.489 e. The van der Waals surface area contributed by atoms with Crippen molar-refractivity contribution in [1.82, 2.24) is 4.98 Å².